The number of carboxylic acids is 1. The number of carbonyl (C=O) groups excluding carboxylic acids is 1. The van der Waals surface area contributed by atoms with Gasteiger partial charge in [0, 0.05) is 0 Å². The van der Waals surface area contributed by atoms with Gasteiger partial charge in [-0.3, -0.25) is 0 Å². The predicted octanol–water partition coefficient (Wildman–Crippen LogP) is 1.05. The molecular formula is C15H11F2LiN2O5S2. The molecule has 0 amide bonds. The Balaban J connectivity index is 0.000000252. The minimum absolute atomic E-state index is 0. The number of H-pyrrole nitrogens is 2. The third kappa shape index (κ3) is 4.23. The molecule has 27 heavy (non-hydrogen) atoms. The summed E-state index contributed by atoms with van der Waals surface area (Å²) < 4.78 is 31.7. The Labute approximate surface area is 170 Å². The van der Waals surface area contributed by atoms with Crippen molar-refractivity contribution in [2.24, 2.45) is 0 Å². The first-order valence-corrected chi connectivity index (χ1v) is 8.51. The summed E-state index contributed by atoms with van der Waals surface area (Å²) in [6, 6.07) is 3.37. The van der Waals surface area contributed by atoms with Gasteiger partial charge in [0.15, 0.2) is 23.0 Å². The standard InChI is InChI=1S/C8H6FNO2S.C7H4FNO2S.Li.H2O/c1-12-8(11)6-5(9)7-4(10-6)2-3-13-7;8-4-5(7(10)11)9-3-1-2-12-6(3)4;;/h2-3,10H,1H3;1-2,9H,(H,10,11);;1H2/q;;+1;/p-1. The molecule has 4 N–H and O–H groups in total. The summed E-state index contributed by atoms with van der Waals surface area (Å²) >= 11 is 2.43. The SMILES string of the molecule is COC(=O)c1[nH]c2ccsc2c1F.O=C(O)c1[nH]c2ccsc2c1F.[Li+].[OH-]. The number of aromatic carboxylic acids is 1. The largest absolute Gasteiger partial charge is 1.00 e. The van der Waals surface area contributed by atoms with E-state index < -0.39 is 23.6 Å². The van der Waals surface area contributed by atoms with Crippen LogP contribution < -0.4 is 18.9 Å². The van der Waals surface area contributed by atoms with E-state index in [0.717, 1.165) is 0 Å². The molecule has 4 aromatic rings. The summed E-state index contributed by atoms with van der Waals surface area (Å²) in [5.41, 5.74) is 0.694. The number of halogens is 2. The third-order valence-corrected chi connectivity index (χ3v) is 5.10. The molecule has 138 valence electrons. The molecule has 4 rings (SSSR count). The number of esters is 1. The molecule has 7 nitrogen and oxygen atoms in total. The fourth-order valence-corrected chi connectivity index (χ4v) is 3.74. The molecule has 0 bridgehead atoms. The van der Waals surface area contributed by atoms with Crippen LogP contribution in [0.4, 0.5) is 8.78 Å². The van der Waals surface area contributed by atoms with Crippen LogP contribution in [0.3, 0.4) is 0 Å². The van der Waals surface area contributed by atoms with E-state index in [2.05, 4.69) is 14.7 Å². The van der Waals surface area contributed by atoms with Gasteiger partial charge >= 0.3 is 30.8 Å². The topological polar surface area (TPSA) is 125 Å². The number of hydrogen-bond acceptors (Lipinski definition) is 6. The van der Waals surface area contributed by atoms with Crippen LogP contribution in [0.1, 0.15) is 21.0 Å². The van der Waals surface area contributed by atoms with Gasteiger partial charge in [-0.25, -0.2) is 18.4 Å². The van der Waals surface area contributed by atoms with Crippen molar-refractivity contribution in [3.05, 3.63) is 45.9 Å². The Morgan fingerprint density at radius 3 is 1.85 bits per heavy atom. The Hall–Kier alpha value is -2.16. The fraction of sp³-hybridized carbons (Fsp3) is 0.0667. The number of rotatable bonds is 2. The summed E-state index contributed by atoms with van der Waals surface area (Å²) in [5, 5.41) is 12.0. The van der Waals surface area contributed by atoms with Gasteiger partial charge in [-0.1, -0.05) is 0 Å². The van der Waals surface area contributed by atoms with Crippen molar-refractivity contribution in [1.29, 1.82) is 0 Å². The first-order valence-electron chi connectivity index (χ1n) is 6.75. The van der Waals surface area contributed by atoms with E-state index in [-0.39, 0.29) is 35.7 Å². The van der Waals surface area contributed by atoms with Crippen molar-refractivity contribution < 1.29 is 52.6 Å². The number of fused-ring (bicyclic) bond motifs is 2. The van der Waals surface area contributed by atoms with Crippen LogP contribution in [-0.2, 0) is 4.74 Å². The molecular weight excluding hydrogens is 397 g/mol. The molecule has 0 aliphatic heterocycles. The number of ether oxygens (including phenoxy) is 1. The molecule has 0 spiro atoms. The van der Waals surface area contributed by atoms with Crippen molar-refractivity contribution in [3.63, 3.8) is 0 Å². The van der Waals surface area contributed by atoms with E-state index in [4.69, 9.17) is 5.11 Å². The second kappa shape index (κ2) is 9.16. The average molecular weight is 408 g/mol. The van der Waals surface area contributed by atoms with E-state index in [9.17, 15) is 18.4 Å². The maximum absolute atomic E-state index is 13.4. The van der Waals surface area contributed by atoms with E-state index >= 15 is 0 Å². The minimum Gasteiger partial charge on any atom is -0.870 e. The molecule has 0 unspecified atom stereocenters. The first-order chi connectivity index (χ1) is 11.9. The normalized spacial score (nSPS) is 9.89. The quantitative estimate of drug-likeness (QED) is 0.338. The smallest absolute Gasteiger partial charge is 0.870 e. The van der Waals surface area contributed by atoms with Crippen LogP contribution in [0.5, 0.6) is 0 Å². The van der Waals surface area contributed by atoms with Gasteiger partial charge in [-0.15, -0.1) is 22.7 Å². The third-order valence-electron chi connectivity index (χ3n) is 3.29. The van der Waals surface area contributed by atoms with Crippen LogP contribution in [0.15, 0.2) is 22.9 Å². The number of hydrogen-bond donors (Lipinski definition) is 3. The Morgan fingerprint density at radius 1 is 1.00 bits per heavy atom. The van der Waals surface area contributed by atoms with Gasteiger partial charge in [0.1, 0.15) is 0 Å². The molecule has 0 fully saturated rings. The number of aromatic amines is 2. The fourth-order valence-electron chi connectivity index (χ4n) is 2.15. The van der Waals surface area contributed by atoms with Crippen LogP contribution >= 0.6 is 22.7 Å². The van der Waals surface area contributed by atoms with Crippen molar-refractivity contribution in [1.82, 2.24) is 9.97 Å². The molecule has 0 aromatic carbocycles. The number of carbonyl (C=O) groups is 2. The molecule has 0 aliphatic carbocycles. The maximum atomic E-state index is 13.4. The summed E-state index contributed by atoms with van der Waals surface area (Å²) in [7, 11) is 1.22. The summed E-state index contributed by atoms with van der Waals surface area (Å²) in [4.78, 5) is 26.6. The van der Waals surface area contributed by atoms with Crippen molar-refractivity contribution >= 4 is 55.0 Å². The van der Waals surface area contributed by atoms with Crippen LogP contribution in [0, 0.1) is 11.6 Å². The first kappa shape index (κ1) is 22.9. The molecule has 4 aromatic heterocycles. The number of aromatic nitrogens is 2. The van der Waals surface area contributed by atoms with E-state index in [1.165, 1.54) is 29.8 Å². The Morgan fingerprint density at radius 2 is 1.44 bits per heavy atom. The van der Waals surface area contributed by atoms with Crippen molar-refractivity contribution in [3.8, 4) is 0 Å². The number of thiophene rings is 2. The molecule has 0 saturated heterocycles. The summed E-state index contributed by atoms with van der Waals surface area (Å²) in [6.45, 7) is 0. The van der Waals surface area contributed by atoms with E-state index in [1.54, 1.807) is 22.9 Å². The Kier molecular flexibility index (Phi) is 7.76. The van der Waals surface area contributed by atoms with Gasteiger partial charge < -0.3 is 25.3 Å². The van der Waals surface area contributed by atoms with Crippen LogP contribution in [-0.4, -0.2) is 39.6 Å². The maximum Gasteiger partial charge on any atom is 1.00 e. The molecule has 0 saturated carbocycles. The van der Waals surface area contributed by atoms with Gasteiger partial charge in [-0.05, 0) is 22.9 Å². The second-order valence-electron chi connectivity index (χ2n) is 4.75. The monoisotopic (exact) mass is 408 g/mol. The van der Waals surface area contributed by atoms with Gasteiger partial charge in [0.05, 0.1) is 27.5 Å². The van der Waals surface area contributed by atoms with E-state index in [0.29, 0.717) is 20.4 Å². The van der Waals surface area contributed by atoms with Crippen LogP contribution in [0.25, 0.3) is 20.4 Å². The molecule has 4 heterocycles. The molecule has 0 aliphatic rings. The van der Waals surface area contributed by atoms with Crippen LogP contribution in [0.2, 0.25) is 0 Å². The Bertz CT molecular complexity index is 1080. The molecule has 12 heteroatoms. The van der Waals surface area contributed by atoms with Gasteiger partial charge in [0.2, 0.25) is 0 Å². The summed E-state index contributed by atoms with van der Waals surface area (Å²) in [6.07, 6.45) is 0. The van der Waals surface area contributed by atoms with Crippen molar-refractivity contribution in [2.45, 2.75) is 0 Å². The summed E-state index contributed by atoms with van der Waals surface area (Å²) in [5.74, 6) is -3.15. The zero-order valence-corrected chi connectivity index (χ0v) is 15.6. The van der Waals surface area contributed by atoms with Gasteiger partial charge in [0.25, 0.3) is 0 Å². The number of methoxy groups -OCH3 is 1. The molecule has 0 atom stereocenters. The zero-order chi connectivity index (χ0) is 18.1. The number of nitrogens with one attached hydrogen (secondary N) is 2. The second-order valence-corrected chi connectivity index (χ2v) is 6.58. The zero-order valence-electron chi connectivity index (χ0n) is 14.0. The van der Waals surface area contributed by atoms with Gasteiger partial charge in [-0.2, -0.15) is 0 Å². The minimum atomic E-state index is -1.27. The predicted molar refractivity (Wildman–Crippen MR) is 92.5 cm³/mol. The molecule has 0 radical (unpaired) electrons. The van der Waals surface area contributed by atoms with E-state index in [1.807, 2.05) is 0 Å². The number of carboxylic acid groups (broad SMARTS) is 1. The average Bonchev–Trinajstić information content (AvgIpc) is 3.32. The van der Waals surface area contributed by atoms with Crippen molar-refractivity contribution in [2.75, 3.05) is 7.11 Å².